The summed E-state index contributed by atoms with van der Waals surface area (Å²) in [6, 6.07) is 17.1. The molecule has 0 atom stereocenters. The molecule has 3 aromatic rings. The number of para-hydroxylation sites is 3. The van der Waals surface area contributed by atoms with Crippen molar-refractivity contribution in [2.45, 2.75) is 6.92 Å². The Labute approximate surface area is 140 Å². The largest absolute Gasteiger partial charge is 0.492 e. The van der Waals surface area contributed by atoms with Crippen molar-refractivity contribution in [2.75, 3.05) is 23.8 Å². The van der Waals surface area contributed by atoms with Gasteiger partial charge in [-0.3, -0.25) is 9.78 Å². The molecule has 1 aromatic heterocycles. The average Bonchev–Trinajstić information content (AvgIpc) is 2.62. The van der Waals surface area contributed by atoms with Crippen LogP contribution in [0.5, 0.6) is 5.75 Å². The number of rotatable bonds is 6. The summed E-state index contributed by atoms with van der Waals surface area (Å²) in [5.74, 6) is 0.596. The Morgan fingerprint density at radius 2 is 1.83 bits per heavy atom. The Hall–Kier alpha value is -3.08. The van der Waals surface area contributed by atoms with Crippen LogP contribution in [0, 0.1) is 0 Å². The molecule has 0 unspecified atom stereocenters. The van der Waals surface area contributed by atoms with Crippen LogP contribution >= 0.6 is 0 Å². The number of nitrogens with one attached hydrogen (secondary N) is 2. The van der Waals surface area contributed by atoms with E-state index in [4.69, 9.17) is 4.74 Å². The first-order valence-corrected chi connectivity index (χ1v) is 7.87. The minimum atomic E-state index is -0.139. The van der Waals surface area contributed by atoms with Crippen LogP contribution in [0.1, 0.15) is 6.92 Å². The fourth-order valence-corrected chi connectivity index (χ4v) is 2.47. The van der Waals surface area contributed by atoms with Gasteiger partial charge in [0, 0.05) is 11.6 Å². The lowest BCUT2D eigenvalue weighted by molar-refractivity contribution is -0.114. The van der Waals surface area contributed by atoms with Crippen LogP contribution in [0.25, 0.3) is 10.9 Å². The molecule has 24 heavy (non-hydrogen) atoms. The first-order chi connectivity index (χ1) is 11.8. The highest BCUT2D eigenvalue weighted by atomic mass is 16.5. The van der Waals surface area contributed by atoms with Crippen LogP contribution < -0.4 is 15.4 Å². The fourth-order valence-electron chi connectivity index (χ4n) is 2.47. The van der Waals surface area contributed by atoms with Crippen molar-refractivity contribution in [1.29, 1.82) is 0 Å². The number of aromatic nitrogens is 1. The lowest BCUT2D eigenvalue weighted by atomic mass is 10.2. The molecular weight excluding hydrogens is 302 g/mol. The number of ether oxygens (including phenoxy) is 1. The smallest absolute Gasteiger partial charge is 0.243 e. The molecule has 1 amide bonds. The minimum absolute atomic E-state index is 0.139. The van der Waals surface area contributed by atoms with Crippen LogP contribution in [-0.2, 0) is 4.79 Å². The van der Waals surface area contributed by atoms with Gasteiger partial charge in [-0.25, -0.2) is 0 Å². The Morgan fingerprint density at radius 1 is 1.04 bits per heavy atom. The van der Waals surface area contributed by atoms with Gasteiger partial charge in [0.15, 0.2) is 0 Å². The third-order valence-corrected chi connectivity index (χ3v) is 3.53. The summed E-state index contributed by atoms with van der Waals surface area (Å²) in [5.41, 5.74) is 2.28. The highest BCUT2D eigenvalue weighted by Gasteiger charge is 2.08. The van der Waals surface area contributed by atoms with E-state index in [0.717, 1.165) is 22.3 Å². The molecule has 2 N–H and O–H groups in total. The molecule has 5 heteroatoms. The summed E-state index contributed by atoms with van der Waals surface area (Å²) in [6.45, 7) is 2.65. The second-order valence-corrected chi connectivity index (χ2v) is 5.21. The Morgan fingerprint density at radius 3 is 2.71 bits per heavy atom. The normalized spacial score (nSPS) is 10.4. The van der Waals surface area contributed by atoms with Gasteiger partial charge in [-0.1, -0.05) is 30.3 Å². The molecule has 0 saturated heterocycles. The van der Waals surface area contributed by atoms with Crippen LogP contribution in [0.2, 0.25) is 0 Å². The highest BCUT2D eigenvalue weighted by molar-refractivity contribution is 6.01. The number of benzene rings is 2. The molecule has 5 nitrogen and oxygen atoms in total. The van der Waals surface area contributed by atoms with Gasteiger partial charge in [0.2, 0.25) is 5.91 Å². The number of pyridine rings is 1. The van der Waals surface area contributed by atoms with Gasteiger partial charge in [-0.05, 0) is 31.2 Å². The molecule has 122 valence electrons. The molecule has 3 rings (SSSR count). The Kier molecular flexibility index (Phi) is 4.91. The van der Waals surface area contributed by atoms with E-state index in [1.54, 1.807) is 6.20 Å². The molecule has 0 aliphatic rings. The van der Waals surface area contributed by atoms with E-state index in [9.17, 15) is 4.79 Å². The molecule has 0 aliphatic heterocycles. The second kappa shape index (κ2) is 7.46. The maximum atomic E-state index is 12.3. The SMILES string of the molecule is CCOc1ccccc1NCC(=O)Nc1cccc2cccnc12. The van der Waals surface area contributed by atoms with Gasteiger partial charge in [-0.15, -0.1) is 0 Å². The van der Waals surface area contributed by atoms with E-state index in [0.29, 0.717) is 12.3 Å². The van der Waals surface area contributed by atoms with Gasteiger partial charge >= 0.3 is 0 Å². The molecule has 0 spiro atoms. The highest BCUT2D eigenvalue weighted by Crippen LogP contribution is 2.24. The average molecular weight is 321 g/mol. The predicted molar refractivity (Wildman–Crippen MR) is 96.5 cm³/mol. The molecule has 0 radical (unpaired) electrons. The van der Waals surface area contributed by atoms with Crippen LogP contribution in [0.3, 0.4) is 0 Å². The Bertz CT molecular complexity index is 843. The van der Waals surface area contributed by atoms with Crippen molar-refractivity contribution in [2.24, 2.45) is 0 Å². The monoisotopic (exact) mass is 321 g/mol. The standard InChI is InChI=1S/C19H19N3O2/c1-2-24-17-11-4-3-9-15(17)21-13-18(23)22-16-10-5-7-14-8-6-12-20-19(14)16/h3-12,21H,2,13H2,1H3,(H,22,23). The van der Waals surface area contributed by atoms with Crippen LogP contribution in [-0.4, -0.2) is 24.0 Å². The van der Waals surface area contributed by atoms with Crippen molar-refractivity contribution in [3.8, 4) is 5.75 Å². The van der Waals surface area contributed by atoms with Crippen LogP contribution in [0.4, 0.5) is 11.4 Å². The number of carbonyl (C=O) groups is 1. The summed E-state index contributed by atoms with van der Waals surface area (Å²) >= 11 is 0. The van der Waals surface area contributed by atoms with Gasteiger partial charge < -0.3 is 15.4 Å². The molecule has 0 fully saturated rings. The van der Waals surface area contributed by atoms with Crippen LogP contribution in [0.15, 0.2) is 60.8 Å². The molecule has 2 aromatic carbocycles. The zero-order chi connectivity index (χ0) is 16.8. The maximum Gasteiger partial charge on any atom is 0.243 e. The van der Waals surface area contributed by atoms with Gasteiger partial charge in [0.1, 0.15) is 5.75 Å². The summed E-state index contributed by atoms with van der Waals surface area (Å²) in [5, 5.41) is 7.00. The number of nitrogens with zero attached hydrogens (tertiary/aromatic N) is 1. The topological polar surface area (TPSA) is 63.2 Å². The number of carbonyl (C=O) groups excluding carboxylic acids is 1. The molecule has 0 aliphatic carbocycles. The first-order valence-electron chi connectivity index (χ1n) is 7.87. The van der Waals surface area contributed by atoms with Crippen molar-refractivity contribution < 1.29 is 9.53 Å². The van der Waals surface area contributed by atoms with E-state index in [1.165, 1.54) is 0 Å². The summed E-state index contributed by atoms with van der Waals surface area (Å²) in [6.07, 6.45) is 1.72. The van der Waals surface area contributed by atoms with Gasteiger partial charge in [0.25, 0.3) is 0 Å². The number of amides is 1. The molecular formula is C19H19N3O2. The van der Waals surface area contributed by atoms with E-state index in [2.05, 4.69) is 15.6 Å². The van der Waals surface area contributed by atoms with E-state index >= 15 is 0 Å². The van der Waals surface area contributed by atoms with Gasteiger partial charge in [0.05, 0.1) is 30.0 Å². The summed E-state index contributed by atoms with van der Waals surface area (Å²) in [4.78, 5) is 16.6. The lowest BCUT2D eigenvalue weighted by Gasteiger charge is -2.12. The number of anilines is 2. The van der Waals surface area contributed by atoms with Crippen molar-refractivity contribution in [1.82, 2.24) is 4.98 Å². The second-order valence-electron chi connectivity index (χ2n) is 5.21. The number of hydrogen-bond donors (Lipinski definition) is 2. The van der Waals surface area contributed by atoms with Crippen molar-refractivity contribution >= 4 is 28.2 Å². The molecule has 0 bridgehead atoms. The summed E-state index contributed by atoms with van der Waals surface area (Å²) < 4.78 is 5.54. The molecule has 0 saturated carbocycles. The van der Waals surface area contributed by atoms with E-state index in [-0.39, 0.29) is 12.5 Å². The lowest BCUT2D eigenvalue weighted by Crippen LogP contribution is -2.22. The van der Waals surface area contributed by atoms with E-state index < -0.39 is 0 Å². The fraction of sp³-hybridized carbons (Fsp3) is 0.158. The third-order valence-electron chi connectivity index (χ3n) is 3.53. The minimum Gasteiger partial charge on any atom is -0.492 e. The molecule has 1 heterocycles. The quantitative estimate of drug-likeness (QED) is 0.727. The van der Waals surface area contributed by atoms with Gasteiger partial charge in [-0.2, -0.15) is 0 Å². The Balaban J connectivity index is 1.68. The maximum absolute atomic E-state index is 12.3. The zero-order valence-corrected chi connectivity index (χ0v) is 13.5. The number of hydrogen-bond acceptors (Lipinski definition) is 4. The first kappa shape index (κ1) is 15.8. The predicted octanol–water partition coefficient (Wildman–Crippen LogP) is 3.68. The number of fused-ring (bicyclic) bond motifs is 1. The van der Waals surface area contributed by atoms with Crippen molar-refractivity contribution in [3.05, 3.63) is 60.8 Å². The third kappa shape index (κ3) is 3.63. The van der Waals surface area contributed by atoms with E-state index in [1.807, 2.05) is 61.5 Å². The summed E-state index contributed by atoms with van der Waals surface area (Å²) in [7, 11) is 0. The zero-order valence-electron chi connectivity index (χ0n) is 13.5. The van der Waals surface area contributed by atoms with Crippen molar-refractivity contribution in [3.63, 3.8) is 0 Å².